The van der Waals surface area contributed by atoms with Gasteiger partial charge in [0.1, 0.15) is 5.82 Å². The van der Waals surface area contributed by atoms with Gasteiger partial charge < -0.3 is 10.5 Å². The van der Waals surface area contributed by atoms with E-state index in [1.54, 1.807) is 42.5 Å². The highest BCUT2D eigenvalue weighted by molar-refractivity contribution is 7.92. The minimum atomic E-state index is -3.69. The van der Waals surface area contributed by atoms with Crippen LogP contribution in [0.25, 0.3) is 0 Å². The molecular formula is C18H18FNO3S2. The van der Waals surface area contributed by atoms with Crippen molar-refractivity contribution in [1.29, 1.82) is 0 Å². The van der Waals surface area contributed by atoms with Crippen LogP contribution in [0.15, 0.2) is 59.5 Å². The van der Waals surface area contributed by atoms with Crippen LogP contribution in [0.3, 0.4) is 0 Å². The summed E-state index contributed by atoms with van der Waals surface area (Å²) in [6, 6.07) is 13.9. The zero-order valence-electron chi connectivity index (χ0n) is 13.6. The van der Waals surface area contributed by atoms with Gasteiger partial charge in [-0.2, -0.15) is 0 Å². The normalized spacial score (nSPS) is 25.5. The van der Waals surface area contributed by atoms with Crippen LogP contribution < -0.4 is 5.73 Å². The summed E-state index contributed by atoms with van der Waals surface area (Å²) < 4.78 is 44.9. The SMILES string of the molecule is COC[C@@]1(C(N)=S)[C@H](S(=O)(=O)c2ccccc2)[C@@H]1c1ccc(F)cc1. The molecule has 25 heavy (non-hydrogen) atoms. The van der Waals surface area contributed by atoms with Crippen LogP contribution in [-0.4, -0.2) is 32.4 Å². The van der Waals surface area contributed by atoms with E-state index in [2.05, 4.69) is 0 Å². The molecule has 0 unspecified atom stereocenters. The van der Waals surface area contributed by atoms with Crippen molar-refractivity contribution in [2.45, 2.75) is 16.1 Å². The van der Waals surface area contributed by atoms with E-state index in [0.717, 1.165) is 0 Å². The first-order valence-electron chi connectivity index (χ1n) is 7.69. The molecule has 1 aliphatic carbocycles. The number of methoxy groups -OCH3 is 1. The maximum absolute atomic E-state index is 13.3. The third-order valence-electron chi connectivity index (χ3n) is 4.73. The molecule has 0 saturated heterocycles. The Labute approximate surface area is 151 Å². The number of thiocarbonyl (C=S) groups is 1. The Kier molecular flexibility index (Phi) is 4.66. The van der Waals surface area contributed by atoms with Gasteiger partial charge in [-0.1, -0.05) is 42.5 Å². The fourth-order valence-electron chi connectivity index (χ4n) is 3.54. The molecule has 2 aromatic carbocycles. The molecule has 1 fully saturated rings. The van der Waals surface area contributed by atoms with Gasteiger partial charge in [-0.05, 0) is 29.8 Å². The summed E-state index contributed by atoms with van der Waals surface area (Å²) in [4.78, 5) is 0.300. The number of hydrogen-bond donors (Lipinski definition) is 1. The predicted octanol–water partition coefficient (Wildman–Crippen LogP) is 2.68. The van der Waals surface area contributed by atoms with Crippen molar-refractivity contribution in [2.24, 2.45) is 11.1 Å². The minimum absolute atomic E-state index is 0.0844. The maximum Gasteiger partial charge on any atom is 0.182 e. The number of sulfone groups is 1. The van der Waals surface area contributed by atoms with Crippen LogP contribution in [0, 0.1) is 11.2 Å². The lowest BCUT2D eigenvalue weighted by Gasteiger charge is -2.16. The summed E-state index contributed by atoms with van der Waals surface area (Å²) in [5.41, 5.74) is 5.63. The highest BCUT2D eigenvalue weighted by Crippen LogP contribution is 2.64. The largest absolute Gasteiger partial charge is 0.393 e. The lowest BCUT2D eigenvalue weighted by atomic mass is 10.00. The number of benzene rings is 2. The number of nitrogens with two attached hydrogens (primary N) is 1. The second kappa shape index (κ2) is 6.48. The van der Waals surface area contributed by atoms with E-state index in [9.17, 15) is 12.8 Å². The van der Waals surface area contributed by atoms with Crippen LogP contribution in [0.5, 0.6) is 0 Å². The van der Waals surface area contributed by atoms with Gasteiger partial charge in [0.15, 0.2) is 9.84 Å². The Morgan fingerprint density at radius 1 is 1.20 bits per heavy atom. The first kappa shape index (κ1) is 18.0. The van der Waals surface area contributed by atoms with E-state index >= 15 is 0 Å². The fourth-order valence-corrected chi connectivity index (χ4v) is 6.33. The van der Waals surface area contributed by atoms with Gasteiger partial charge in [-0.15, -0.1) is 0 Å². The lowest BCUT2D eigenvalue weighted by Crippen LogP contribution is -2.33. The summed E-state index contributed by atoms with van der Waals surface area (Å²) in [7, 11) is -2.21. The average molecular weight is 379 g/mol. The molecule has 4 nitrogen and oxygen atoms in total. The summed E-state index contributed by atoms with van der Waals surface area (Å²) >= 11 is 5.22. The van der Waals surface area contributed by atoms with Crippen molar-refractivity contribution in [2.75, 3.05) is 13.7 Å². The van der Waals surface area contributed by atoms with Gasteiger partial charge in [0.05, 0.1) is 27.2 Å². The Hall–Kier alpha value is -1.83. The molecule has 3 atom stereocenters. The van der Waals surface area contributed by atoms with Gasteiger partial charge in [-0.25, -0.2) is 12.8 Å². The molecule has 0 radical (unpaired) electrons. The number of halogens is 1. The molecule has 1 saturated carbocycles. The van der Waals surface area contributed by atoms with Gasteiger partial charge in [0.25, 0.3) is 0 Å². The van der Waals surface area contributed by atoms with Crippen LogP contribution in [0.2, 0.25) is 0 Å². The Morgan fingerprint density at radius 2 is 1.80 bits per heavy atom. The number of rotatable bonds is 6. The highest BCUT2D eigenvalue weighted by Gasteiger charge is 2.73. The summed E-state index contributed by atoms with van der Waals surface area (Å²) in [6.45, 7) is 0.0844. The molecule has 7 heteroatoms. The first-order valence-corrected chi connectivity index (χ1v) is 9.64. The van der Waals surface area contributed by atoms with Crippen molar-refractivity contribution in [3.8, 4) is 0 Å². The van der Waals surface area contributed by atoms with Crippen LogP contribution in [0.1, 0.15) is 11.5 Å². The molecule has 0 spiro atoms. The molecule has 2 aromatic rings. The number of ether oxygens (including phenoxy) is 1. The Balaban J connectivity index is 2.12. The Bertz CT molecular complexity index is 884. The molecule has 0 amide bonds. The second-order valence-electron chi connectivity index (χ2n) is 6.15. The van der Waals surface area contributed by atoms with E-state index < -0.39 is 26.4 Å². The fraction of sp³-hybridized carbons (Fsp3) is 0.278. The van der Waals surface area contributed by atoms with E-state index in [-0.39, 0.29) is 22.3 Å². The van der Waals surface area contributed by atoms with Crippen LogP contribution in [0.4, 0.5) is 4.39 Å². The van der Waals surface area contributed by atoms with Crippen molar-refractivity contribution in [3.05, 3.63) is 66.0 Å². The van der Waals surface area contributed by atoms with E-state index in [1.165, 1.54) is 19.2 Å². The standard InChI is InChI=1S/C18H18FNO3S2/c1-23-11-18(17(20)24)15(12-7-9-13(19)10-8-12)16(18)25(21,22)14-5-3-2-4-6-14/h2-10,15-16H,11H2,1H3,(H2,20,24)/t15-,16+,18-/m0/s1. The molecule has 3 rings (SSSR count). The second-order valence-corrected chi connectivity index (χ2v) is 8.65. The minimum Gasteiger partial charge on any atom is -0.393 e. The summed E-state index contributed by atoms with van der Waals surface area (Å²) in [5.74, 6) is -0.865. The van der Waals surface area contributed by atoms with Gasteiger partial charge >= 0.3 is 0 Å². The zero-order valence-corrected chi connectivity index (χ0v) is 15.2. The smallest absolute Gasteiger partial charge is 0.182 e. The number of hydrogen-bond acceptors (Lipinski definition) is 4. The Morgan fingerprint density at radius 3 is 2.32 bits per heavy atom. The summed E-state index contributed by atoms with van der Waals surface area (Å²) in [6.07, 6.45) is 0. The molecule has 0 heterocycles. The highest BCUT2D eigenvalue weighted by atomic mass is 32.2. The van der Waals surface area contributed by atoms with Crippen LogP contribution in [-0.2, 0) is 14.6 Å². The molecule has 132 valence electrons. The molecule has 1 aliphatic rings. The quantitative estimate of drug-likeness (QED) is 0.782. The maximum atomic E-state index is 13.3. The van der Waals surface area contributed by atoms with Crippen molar-refractivity contribution in [3.63, 3.8) is 0 Å². The zero-order chi connectivity index (χ0) is 18.2. The topological polar surface area (TPSA) is 69.4 Å². The molecular weight excluding hydrogens is 361 g/mol. The molecule has 2 N–H and O–H groups in total. The van der Waals surface area contributed by atoms with Crippen molar-refractivity contribution < 1.29 is 17.5 Å². The molecule has 0 aromatic heterocycles. The van der Waals surface area contributed by atoms with E-state index in [0.29, 0.717) is 5.56 Å². The van der Waals surface area contributed by atoms with Crippen molar-refractivity contribution >= 4 is 27.0 Å². The van der Waals surface area contributed by atoms with Crippen molar-refractivity contribution in [1.82, 2.24) is 0 Å². The van der Waals surface area contributed by atoms with Gasteiger partial charge in [0.2, 0.25) is 0 Å². The predicted molar refractivity (Wildman–Crippen MR) is 97.7 cm³/mol. The monoisotopic (exact) mass is 379 g/mol. The van der Waals surface area contributed by atoms with E-state index in [4.69, 9.17) is 22.7 Å². The first-order chi connectivity index (χ1) is 11.9. The van der Waals surface area contributed by atoms with Crippen LogP contribution >= 0.6 is 12.2 Å². The third kappa shape index (κ3) is 2.86. The molecule has 0 bridgehead atoms. The third-order valence-corrected chi connectivity index (χ3v) is 7.40. The van der Waals surface area contributed by atoms with E-state index in [1.807, 2.05) is 0 Å². The van der Waals surface area contributed by atoms with Gasteiger partial charge in [-0.3, -0.25) is 0 Å². The van der Waals surface area contributed by atoms with Gasteiger partial charge in [0, 0.05) is 13.0 Å². The lowest BCUT2D eigenvalue weighted by molar-refractivity contribution is 0.166. The molecule has 0 aliphatic heterocycles. The summed E-state index contributed by atoms with van der Waals surface area (Å²) in [5, 5.41) is -0.842. The average Bonchev–Trinajstić information content (AvgIpc) is 3.28.